The SMILES string of the molecule is CCCCCCOc1ccc(C(C)c2ccc(CCC)nc2)cc1. The number of pyridine rings is 1. The largest absolute Gasteiger partial charge is 0.494 e. The minimum atomic E-state index is 0.354. The highest BCUT2D eigenvalue weighted by Gasteiger charge is 2.09. The number of hydrogen-bond acceptors (Lipinski definition) is 2. The number of hydrogen-bond donors (Lipinski definition) is 0. The minimum Gasteiger partial charge on any atom is -0.494 e. The summed E-state index contributed by atoms with van der Waals surface area (Å²) in [7, 11) is 0. The molecule has 130 valence electrons. The van der Waals surface area contributed by atoms with Crippen molar-refractivity contribution in [2.75, 3.05) is 6.61 Å². The molecule has 0 aliphatic carbocycles. The third kappa shape index (κ3) is 5.67. The molecule has 2 nitrogen and oxygen atoms in total. The molecule has 1 unspecified atom stereocenters. The van der Waals surface area contributed by atoms with Crippen LogP contribution in [0.15, 0.2) is 42.6 Å². The van der Waals surface area contributed by atoms with Gasteiger partial charge in [0, 0.05) is 17.8 Å². The molecule has 24 heavy (non-hydrogen) atoms. The number of unbranched alkanes of at least 4 members (excludes halogenated alkanes) is 3. The first-order valence-electron chi connectivity index (χ1n) is 9.42. The summed E-state index contributed by atoms with van der Waals surface area (Å²) in [6.07, 6.45) is 9.18. The molecule has 0 spiro atoms. The van der Waals surface area contributed by atoms with E-state index in [-0.39, 0.29) is 0 Å². The Hall–Kier alpha value is -1.83. The van der Waals surface area contributed by atoms with E-state index < -0.39 is 0 Å². The summed E-state index contributed by atoms with van der Waals surface area (Å²) in [5.41, 5.74) is 3.75. The van der Waals surface area contributed by atoms with Gasteiger partial charge in [-0.1, -0.05) is 64.7 Å². The Morgan fingerprint density at radius 3 is 2.25 bits per heavy atom. The zero-order valence-corrected chi connectivity index (χ0v) is 15.4. The minimum absolute atomic E-state index is 0.354. The number of rotatable bonds is 10. The quantitative estimate of drug-likeness (QED) is 0.489. The molecule has 0 saturated heterocycles. The van der Waals surface area contributed by atoms with Gasteiger partial charge in [0.05, 0.1) is 6.61 Å². The summed E-state index contributed by atoms with van der Waals surface area (Å²) < 4.78 is 5.82. The monoisotopic (exact) mass is 325 g/mol. The molecule has 0 aliphatic rings. The second kappa shape index (κ2) is 10.1. The number of aromatic nitrogens is 1. The average molecular weight is 325 g/mol. The molecule has 0 radical (unpaired) electrons. The zero-order valence-electron chi connectivity index (χ0n) is 15.4. The van der Waals surface area contributed by atoms with Crippen molar-refractivity contribution in [3.05, 3.63) is 59.4 Å². The van der Waals surface area contributed by atoms with Crippen molar-refractivity contribution in [1.29, 1.82) is 0 Å². The van der Waals surface area contributed by atoms with Gasteiger partial charge >= 0.3 is 0 Å². The van der Waals surface area contributed by atoms with Crippen molar-refractivity contribution in [3.63, 3.8) is 0 Å². The molecule has 0 amide bonds. The highest BCUT2D eigenvalue weighted by Crippen LogP contribution is 2.25. The maximum Gasteiger partial charge on any atom is 0.119 e. The molecule has 1 aromatic carbocycles. The van der Waals surface area contributed by atoms with Crippen LogP contribution >= 0.6 is 0 Å². The Labute approximate surface area is 147 Å². The first-order chi connectivity index (χ1) is 11.7. The average Bonchev–Trinajstić information content (AvgIpc) is 2.62. The number of ether oxygens (including phenoxy) is 1. The summed E-state index contributed by atoms with van der Waals surface area (Å²) in [5.74, 6) is 1.32. The molecular weight excluding hydrogens is 294 g/mol. The maximum absolute atomic E-state index is 5.82. The standard InChI is InChI=1S/C22H31NO/c1-4-6-7-8-16-24-22-14-11-19(12-15-22)18(3)20-10-13-21(9-5-2)23-17-20/h10-15,17-18H,4-9,16H2,1-3H3. The highest BCUT2D eigenvalue weighted by atomic mass is 16.5. The second-order valence-corrected chi connectivity index (χ2v) is 6.53. The Morgan fingerprint density at radius 2 is 1.62 bits per heavy atom. The topological polar surface area (TPSA) is 22.1 Å². The molecule has 0 fully saturated rings. The van der Waals surface area contributed by atoms with E-state index in [1.807, 2.05) is 6.20 Å². The third-order valence-electron chi connectivity index (χ3n) is 4.50. The molecular formula is C22H31NO. The van der Waals surface area contributed by atoms with Gasteiger partial charge in [-0.2, -0.15) is 0 Å². The summed E-state index contributed by atoms with van der Waals surface area (Å²) in [6, 6.07) is 12.9. The number of nitrogens with zero attached hydrogens (tertiary/aromatic N) is 1. The van der Waals surface area contributed by atoms with Gasteiger partial charge in [-0.05, 0) is 42.2 Å². The van der Waals surface area contributed by atoms with Crippen molar-refractivity contribution in [2.45, 2.75) is 65.2 Å². The van der Waals surface area contributed by atoms with Gasteiger partial charge < -0.3 is 4.74 Å². The van der Waals surface area contributed by atoms with Crippen LogP contribution in [0.25, 0.3) is 0 Å². The van der Waals surface area contributed by atoms with Crippen molar-refractivity contribution in [2.24, 2.45) is 0 Å². The van der Waals surface area contributed by atoms with Crippen molar-refractivity contribution in [1.82, 2.24) is 4.98 Å². The van der Waals surface area contributed by atoms with Gasteiger partial charge in [0.1, 0.15) is 5.75 Å². The fourth-order valence-electron chi connectivity index (χ4n) is 2.86. The van der Waals surface area contributed by atoms with E-state index in [2.05, 4.69) is 62.2 Å². The van der Waals surface area contributed by atoms with E-state index in [4.69, 9.17) is 4.74 Å². The Kier molecular flexibility index (Phi) is 7.81. The van der Waals surface area contributed by atoms with E-state index in [1.54, 1.807) is 0 Å². The summed E-state index contributed by atoms with van der Waals surface area (Å²) in [4.78, 5) is 4.57. The normalized spacial score (nSPS) is 12.1. The lowest BCUT2D eigenvalue weighted by atomic mass is 9.94. The van der Waals surface area contributed by atoms with Crippen molar-refractivity contribution < 1.29 is 4.74 Å². The van der Waals surface area contributed by atoms with Crippen LogP contribution in [-0.4, -0.2) is 11.6 Å². The summed E-state index contributed by atoms with van der Waals surface area (Å²) in [5, 5.41) is 0. The molecule has 1 aromatic heterocycles. The molecule has 0 N–H and O–H groups in total. The predicted octanol–water partition coefficient (Wildman–Crippen LogP) is 6.15. The van der Waals surface area contributed by atoms with Crippen LogP contribution in [0.5, 0.6) is 5.75 Å². The van der Waals surface area contributed by atoms with E-state index >= 15 is 0 Å². The first-order valence-corrected chi connectivity index (χ1v) is 9.42. The lowest BCUT2D eigenvalue weighted by Gasteiger charge is -2.14. The smallest absolute Gasteiger partial charge is 0.119 e. The zero-order chi connectivity index (χ0) is 17.2. The van der Waals surface area contributed by atoms with Crippen LogP contribution in [0.3, 0.4) is 0 Å². The van der Waals surface area contributed by atoms with Crippen LogP contribution in [0.1, 0.15) is 75.6 Å². The Morgan fingerprint density at radius 1 is 0.875 bits per heavy atom. The molecule has 1 atom stereocenters. The number of aryl methyl sites for hydroxylation is 1. The Balaban J connectivity index is 1.89. The summed E-state index contributed by atoms with van der Waals surface area (Å²) >= 11 is 0. The molecule has 1 heterocycles. The van der Waals surface area contributed by atoms with Crippen molar-refractivity contribution >= 4 is 0 Å². The maximum atomic E-state index is 5.82. The van der Waals surface area contributed by atoms with Crippen LogP contribution < -0.4 is 4.74 Å². The molecule has 2 rings (SSSR count). The van der Waals surface area contributed by atoms with Gasteiger partial charge in [-0.3, -0.25) is 4.98 Å². The van der Waals surface area contributed by atoms with Gasteiger partial charge in [-0.15, -0.1) is 0 Å². The third-order valence-corrected chi connectivity index (χ3v) is 4.50. The fraction of sp³-hybridized carbons (Fsp3) is 0.500. The van der Waals surface area contributed by atoms with E-state index in [1.165, 1.54) is 36.1 Å². The molecule has 0 saturated carbocycles. The van der Waals surface area contributed by atoms with Gasteiger partial charge in [-0.25, -0.2) is 0 Å². The van der Waals surface area contributed by atoms with Crippen molar-refractivity contribution in [3.8, 4) is 5.75 Å². The molecule has 0 aliphatic heterocycles. The van der Waals surface area contributed by atoms with E-state index in [0.717, 1.165) is 31.6 Å². The summed E-state index contributed by atoms with van der Waals surface area (Å²) in [6.45, 7) is 7.47. The first kappa shape index (κ1) is 18.5. The van der Waals surface area contributed by atoms with Crippen LogP contribution in [0.2, 0.25) is 0 Å². The molecule has 2 heteroatoms. The van der Waals surface area contributed by atoms with Crippen LogP contribution in [0.4, 0.5) is 0 Å². The van der Waals surface area contributed by atoms with Gasteiger partial charge in [0.15, 0.2) is 0 Å². The lowest BCUT2D eigenvalue weighted by Crippen LogP contribution is -2.00. The van der Waals surface area contributed by atoms with E-state index in [9.17, 15) is 0 Å². The second-order valence-electron chi connectivity index (χ2n) is 6.53. The van der Waals surface area contributed by atoms with Gasteiger partial charge in [0.2, 0.25) is 0 Å². The predicted molar refractivity (Wildman–Crippen MR) is 102 cm³/mol. The molecule has 2 aromatic rings. The van der Waals surface area contributed by atoms with E-state index in [0.29, 0.717) is 5.92 Å². The van der Waals surface area contributed by atoms with Crippen LogP contribution in [0, 0.1) is 0 Å². The van der Waals surface area contributed by atoms with Gasteiger partial charge in [0.25, 0.3) is 0 Å². The fourth-order valence-corrected chi connectivity index (χ4v) is 2.86. The lowest BCUT2D eigenvalue weighted by molar-refractivity contribution is 0.305. The van der Waals surface area contributed by atoms with Crippen LogP contribution in [-0.2, 0) is 6.42 Å². The Bertz CT molecular complexity index is 574. The molecule has 0 bridgehead atoms. The number of benzene rings is 1. The highest BCUT2D eigenvalue weighted by molar-refractivity contribution is 5.34.